The van der Waals surface area contributed by atoms with Crippen LogP contribution >= 0.6 is 0 Å². The van der Waals surface area contributed by atoms with Crippen LogP contribution in [-0.2, 0) is 16.1 Å². The minimum Gasteiger partial charge on any atom is -0.391 e. The van der Waals surface area contributed by atoms with E-state index in [1.807, 2.05) is 37.3 Å². The molecule has 0 saturated carbocycles. The average Bonchev–Trinajstić information content (AvgIpc) is 2.44. The number of aliphatic hydroxyl groups is 1. The molecule has 1 unspecified atom stereocenters. The average molecular weight is 278 g/mol. The van der Waals surface area contributed by atoms with Crippen LogP contribution in [0.1, 0.15) is 25.8 Å². The number of rotatable bonds is 7. The van der Waals surface area contributed by atoms with Crippen LogP contribution in [0.5, 0.6) is 0 Å². The third kappa shape index (κ3) is 5.84. The van der Waals surface area contributed by atoms with Crippen LogP contribution in [0.3, 0.4) is 0 Å². The van der Waals surface area contributed by atoms with E-state index in [2.05, 4.69) is 5.32 Å². The molecule has 2 N–H and O–H groups in total. The van der Waals surface area contributed by atoms with Crippen LogP contribution in [0.25, 0.3) is 0 Å². The monoisotopic (exact) mass is 278 g/mol. The number of nitrogens with one attached hydrogen (secondary N) is 1. The van der Waals surface area contributed by atoms with Crippen molar-refractivity contribution in [1.29, 1.82) is 0 Å². The van der Waals surface area contributed by atoms with Gasteiger partial charge in [0.2, 0.25) is 11.8 Å². The lowest BCUT2D eigenvalue weighted by atomic mass is 10.2. The smallest absolute Gasteiger partial charge is 0.242 e. The maximum atomic E-state index is 12.1. The minimum atomic E-state index is -0.556. The van der Waals surface area contributed by atoms with Crippen molar-refractivity contribution in [2.75, 3.05) is 13.1 Å². The van der Waals surface area contributed by atoms with Gasteiger partial charge in [-0.15, -0.1) is 0 Å². The van der Waals surface area contributed by atoms with Gasteiger partial charge in [0.25, 0.3) is 0 Å². The Hall–Kier alpha value is -1.88. The van der Waals surface area contributed by atoms with E-state index in [9.17, 15) is 14.7 Å². The second-order valence-corrected chi connectivity index (χ2v) is 4.73. The Morgan fingerprint density at radius 2 is 1.95 bits per heavy atom. The van der Waals surface area contributed by atoms with Crippen molar-refractivity contribution in [2.45, 2.75) is 32.9 Å². The second kappa shape index (κ2) is 8.32. The predicted octanol–water partition coefficient (Wildman–Crippen LogP) is 0.922. The Labute approximate surface area is 119 Å². The van der Waals surface area contributed by atoms with Crippen molar-refractivity contribution in [1.82, 2.24) is 10.2 Å². The van der Waals surface area contributed by atoms with Gasteiger partial charge in [0, 0.05) is 20.0 Å². The van der Waals surface area contributed by atoms with Gasteiger partial charge in [0.1, 0.15) is 0 Å². The summed E-state index contributed by atoms with van der Waals surface area (Å²) >= 11 is 0. The molecule has 0 aliphatic rings. The highest BCUT2D eigenvalue weighted by Gasteiger charge is 2.17. The van der Waals surface area contributed by atoms with Gasteiger partial charge in [-0.2, -0.15) is 0 Å². The Bertz CT molecular complexity index is 434. The van der Waals surface area contributed by atoms with Gasteiger partial charge < -0.3 is 15.3 Å². The Morgan fingerprint density at radius 3 is 2.50 bits per heavy atom. The number of aliphatic hydroxyl groups excluding tert-OH is 1. The molecule has 1 aromatic carbocycles. The van der Waals surface area contributed by atoms with Crippen molar-refractivity contribution >= 4 is 11.8 Å². The summed E-state index contributed by atoms with van der Waals surface area (Å²) in [6.07, 6.45) is 0.0265. The molecule has 0 radical (unpaired) electrons. The van der Waals surface area contributed by atoms with E-state index in [0.29, 0.717) is 13.0 Å². The quantitative estimate of drug-likeness (QED) is 0.779. The van der Waals surface area contributed by atoms with E-state index >= 15 is 0 Å². The first kappa shape index (κ1) is 16.2. The number of nitrogens with zero attached hydrogens (tertiary/aromatic N) is 1. The van der Waals surface area contributed by atoms with Crippen LogP contribution in [0.2, 0.25) is 0 Å². The number of carbonyl (C=O) groups is 2. The summed E-state index contributed by atoms with van der Waals surface area (Å²) in [6, 6.07) is 9.58. The lowest BCUT2D eigenvalue weighted by Gasteiger charge is -2.25. The molecule has 20 heavy (non-hydrogen) atoms. The van der Waals surface area contributed by atoms with Crippen molar-refractivity contribution in [2.24, 2.45) is 0 Å². The van der Waals surface area contributed by atoms with Crippen LogP contribution < -0.4 is 5.32 Å². The second-order valence-electron chi connectivity index (χ2n) is 4.73. The zero-order chi connectivity index (χ0) is 15.0. The van der Waals surface area contributed by atoms with Gasteiger partial charge in [0.05, 0.1) is 12.6 Å². The van der Waals surface area contributed by atoms with E-state index in [1.54, 1.807) is 4.90 Å². The number of amides is 2. The molecule has 0 bridgehead atoms. The normalized spacial score (nSPS) is 11.8. The fourth-order valence-corrected chi connectivity index (χ4v) is 1.75. The lowest BCUT2D eigenvalue weighted by molar-refractivity contribution is -0.134. The SMILES string of the molecule is CCC(O)CN(Cc1ccccc1)C(=O)CNC(C)=O. The Kier molecular flexibility index (Phi) is 6.73. The van der Waals surface area contributed by atoms with Gasteiger partial charge in [-0.3, -0.25) is 9.59 Å². The first-order valence-electron chi connectivity index (χ1n) is 6.77. The van der Waals surface area contributed by atoms with Gasteiger partial charge in [-0.25, -0.2) is 0 Å². The van der Waals surface area contributed by atoms with E-state index < -0.39 is 6.10 Å². The molecule has 0 aliphatic heterocycles. The maximum absolute atomic E-state index is 12.1. The maximum Gasteiger partial charge on any atom is 0.242 e. The summed E-state index contributed by atoms with van der Waals surface area (Å²) in [5.41, 5.74) is 0.993. The summed E-state index contributed by atoms with van der Waals surface area (Å²) in [7, 11) is 0. The summed E-state index contributed by atoms with van der Waals surface area (Å²) in [6.45, 7) is 3.89. The van der Waals surface area contributed by atoms with E-state index in [1.165, 1.54) is 6.92 Å². The molecule has 1 rings (SSSR count). The zero-order valence-electron chi connectivity index (χ0n) is 12.0. The molecule has 110 valence electrons. The molecule has 2 amide bonds. The van der Waals surface area contributed by atoms with Crippen molar-refractivity contribution < 1.29 is 14.7 Å². The molecular formula is C15H22N2O3. The number of benzene rings is 1. The predicted molar refractivity (Wildman–Crippen MR) is 76.8 cm³/mol. The van der Waals surface area contributed by atoms with E-state index in [0.717, 1.165) is 5.56 Å². The Balaban J connectivity index is 2.68. The van der Waals surface area contributed by atoms with Crippen LogP contribution in [0, 0.1) is 0 Å². The van der Waals surface area contributed by atoms with Crippen molar-refractivity contribution in [3.05, 3.63) is 35.9 Å². The van der Waals surface area contributed by atoms with Crippen molar-refractivity contribution in [3.8, 4) is 0 Å². The highest BCUT2D eigenvalue weighted by atomic mass is 16.3. The molecule has 0 saturated heterocycles. The molecule has 0 spiro atoms. The zero-order valence-corrected chi connectivity index (χ0v) is 12.0. The molecule has 0 fully saturated rings. The largest absolute Gasteiger partial charge is 0.391 e. The fourth-order valence-electron chi connectivity index (χ4n) is 1.75. The molecule has 0 heterocycles. The van der Waals surface area contributed by atoms with Gasteiger partial charge in [-0.1, -0.05) is 37.3 Å². The molecule has 1 aromatic rings. The third-order valence-corrected chi connectivity index (χ3v) is 2.96. The van der Waals surface area contributed by atoms with Gasteiger partial charge >= 0.3 is 0 Å². The van der Waals surface area contributed by atoms with E-state index in [4.69, 9.17) is 0 Å². The topological polar surface area (TPSA) is 69.6 Å². The molecule has 0 aromatic heterocycles. The van der Waals surface area contributed by atoms with Crippen molar-refractivity contribution in [3.63, 3.8) is 0 Å². The van der Waals surface area contributed by atoms with Gasteiger partial charge in [-0.05, 0) is 12.0 Å². The summed E-state index contributed by atoms with van der Waals surface area (Å²) in [4.78, 5) is 24.5. The fraction of sp³-hybridized carbons (Fsp3) is 0.467. The highest BCUT2D eigenvalue weighted by Crippen LogP contribution is 2.06. The third-order valence-electron chi connectivity index (χ3n) is 2.96. The van der Waals surface area contributed by atoms with Gasteiger partial charge in [0.15, 0.2) is 0 Å². The summed E-state index contributed by atoms with van der Waals surface area (Å²) < 4.78 is 0. The first-order valence-corrected chi connectivity index (χ1v) is 6.77. The minimum absolute atomic E-state index is 0.0431. The Morgan fingerprint density at radius 1 is 1.30 bits per heavy atom. The molecule has 1 atom stereocenters. The summed E-state index contributed by atoms with van der Waals surface area (Å²) in [5.74, 6) is -0.439. The van der Waals surface area contributed by atoms with Crippen LogP contribution in [-0.4, -0.2) is 41.0 Å². The number of carbonyl (C=O) groups excluding carboxylic acids is 2. The molecule has 5 heteroatoms. The van der Waals surface area contributed by atoms with Crippen LogP contribution in [0.15, 0.2) is 30.3 Å². The summed E-state index contributed by atoms with van der Waals surface area (Å²) in [5, 5.41) is 12.2. The molecular weight excluding hydrogens is 256 g/mol. The first-order chi connectivity index (χ1) is 9.52. The highest BCUT2D eigenvalue weighted by molar-refractivity contribution is 5.83. The standard InChI is InChI=1S/C15H22N2O3/c1-3-14(19)11-17(15(20)9-16-12(2)18)10-13-7-5-4-6-8-13/h4-8,14,19H,3,9-11H2,1-2H3,(H,16,18). The number of hydrogen-bond donors (Lipinski definition) is 2. The lowest BCUT2D eigenvalue weighted by Crippen LogP contribution is -2.42. The molecule has 5 nitrogen and oxygen atoms in total. The number of hydrogen-bond acceptors (Lipinski definition) is 3. The van der Waals surface area contributed by atoms with Crippen LogP contribution in [0.4, 0.5) is 0 Å². The molecule has 0 aliphatic carbocycles. The van der Waals surface area contributed by atoms with E-state index in [-0.39, 0.29) is 24.9 Å².